The molecule has 0 aliphatic rings. The van der Waals surface area contributed by atoms with Crippen LogP contribution in [0.4, 0.5) is 0 Å². The molecule has 2 radical (unpaired) electrons. The quantitative estimate of drug-likeness (QED) is 0.478. The molecule has 0 unspecified atom stereocenters. The van der Waals surface area contributed by atoms with E-state index in [1.54, 1.807) is 0 Å². The van der Waals surface area contributed by atoms with E-state index in [9.17, 15) is 0 Å². The molecule has 0 rings (SSSR count). The van der Waals surface area contributed by atoms with Gasteiger partial charge in [0, 0.05) is 18.6 Å². The van der Waals surface area contributed by atoms with Crippen molar-refractivity contribution in [1.29, 1.82) is 0 Å². The minimum atomic E-state index is 0. The standard InChI is InChI=1S/C4H9.V/c1-3-4-2;/h3H,4H2,1-2H3;. The van der Waals surface area contributed by atoms with Gasteiger partial charge in [-0.15, -0.1) is 0 Å². The third-order valence-corrected chi connectivity index (χ3v) is 0.408. The molecule has 0 aliphatic carbocycles. The fraction of sp³-hybridized carbons (Fsp3) is 0.750. The molecule has 0 atom stereocenters. The van der Waals surface area contributed by atoms with Crippen LogP contribution in [-0.2, 0) is 18.6 Å². The molecule has 0 N–H and O–H groups in total. The van der Waals surface area contributed by atoms with Gasteiger partial charge in [-0.05, 0) is 6.42 Å². The predicted octanol–water partition coefficient (Wildman–Crippen LogP) is 1.62. The van der Waals surface area contributed by atoms with Gasteiger partial charge in [0.25, 0.3) is 0 Å². The molecule has 0 spiro atoms. The molecule has 0 aliphatic heterocycles. The topological polar surface area (TPSA) is 0 Å². The molecular formula is C4H9V. The smallest absolute Gasteiger partial charge is 0 e. The molecule has 0 nitrogen and oxygen atoms in total. The van der Waals surface area contributed by atoms with Gasteiger partial charge in [0.2, 0.25) is 0 Å². The largest absolute Gasteiger partial charge is 0.0651 e. The zero-order valence-electron chi connectivity index (χ0n) is 3.73. The Morgan fingerprint density at radius 1 is 1.60 bits per heavy atom. The van der Waals surface area contributed by atoms with Crippen LogP contribution in [0.25, 0.3) is 0 Å². The van der Waals surface area contributed by atoms with Crippen molar-refractivity contribution in [3.63, 3.8) is 0 Å². The van der Waals surface area contributed by atoms with Crippen LogP contribution in [0.1, 0.15) is 20.3 Å². The maximum absolute atomic E-state index is 2.12. The summed E-state index contributed by atoms with van der Waals surface area (Å²) in [6.45, 7) is 4.18. The van der Waals surface area contributed by atoms with E-state index in [1.807, 2.05) is 0 Å². The Kier molecular flexibility index (Phi) is 16.1. The summed E-state index contributed by atoms with van der Waals surface area (Å²) in [5.41, 5.74) is 0. The minimum absolute atomic E-state index is 0. The molecule has 0 heterocycles. The molecule has 0 saturated carbocycles. The minimum Gasteiger partial charge on any atom is -0.0651 e. The molecule has 5 heavy (non-hydrogen) atoms. The predicted molar refractivity (Wildman–Crippen MR) is 20.3 cm³/mol. The van der Waals surface area contributed by atoms with E-state index in [0.717, 1.165) is 0 Å². The number of rotatable bonds is 1. The molecule has 0 aromatic rings. The maximum Gasteiger partial charge on any atom is 0 e. The van der Waals surface area contributed by atoms with Crippen molar-refractivity contribution in [2.24, 2.45) is 0 Å². The van der Waals surface area contributed by atoms with Crippen LogP contribution in [-0.4, -0.2) is 0 Å². The van der Waals surface area contributed by atoms with Gasteiger partial charge in [-0.1, -0.05) is 20.3 Å². The number of hydrogen-bond acceptors (Lipinski definition) is 0. The van der Waals surface area contributed by atoms with Gasteiger partial charge in [-0.2, -0.15) is 0 Å². The second-order valence-corrected chi connectivity index (χ2v) is 0.816. The average Bonchev–Trinajstić information content (AvgIpc) is 1.37. The summed E-state index contributed by atoms with van der Waals surface area (Å²) >= 11 is 0. The first-order chi connectivity index (χ1) is 1.91. The Balaban J connectivity index is 0. The monoisotopic (exact) mass is 108 g/mol. The van der Waals surface area contributed by atoms with Gasteiger partial charge in [0.15, 0.2) is 0 Å². The fourth-order valence-corrected chi connectivity index (χ4v) is 0. The normalized spacial score (nSPS) is 6.00. The molecule has 0 amide bonds. The van der Waals surface area contributed by atoms with E-state index in [0.29, 0.717) is 0 Å². The van der Waals surface area contributed by atoms with Crippen LogP contribution < -0.4 is 0 Å². The van der Waals surface area contributed by atoms with Crippen molar-refractivity contribution >= 4 is 0 Å². The van der Waals surface area contributed by atoms with Gasteiger partial charge in [-0.3, -0.25) is 0 Å². The van der Waals surface area contributed by atoms with Crippen LogP contribution in [0.2, 0.25) is 0 Å². The fourth-order valence-electron chi connectivity index (χ4n) is 0. The van der Waals surface area contributed by atoms with E-state index in [1.165, 1.54) is 6.42 Å². The van der Waals surface area contributed by atoms with Crippen molar-refractivity contribution in [3.8, 4) is 0 Å². The SMILES string of the molecule is C[CH]CC.[V]. The number of hydrogen-bond donors (Lipinski definition) is 0. The van der Waals surface area contributed by atoms with Gasteiger partial charge in [0.05, 0.1) is 0 Å². The van der Waals surface area contributed by atoms with Crippen molar-refractivity contribution in [3.05, 3.63) is 6.42 Å². The first-order valence-corrected chi connectivity index (χ1v) is 1.69. The summed E-state index contributed by atoms with van der Waals surface area (Å²) in [6.07, 6.45) is 3.32. The summed E-state index contributed by atoms with van der Waals surface area (Å²) in [7, 11) is 0. The Morgan fingerprint density at radius 2 is 1.80 bits per heavy atom. The zero-order chi connectivity index (χ0) is 3.41. The van der Waals surface area contributed by atoms with E-state index in [-0.39, 0.29) is 18.6 Å². The second-order valence-electron chi connectivity index (χ2n) is 0.816. The van der Waals surface area contributed by atoms with E-state index >= 15 is 0 Å². The molecule has 0 bridgehead atoms. The Hall–Kier alpha value is 0.584. The summed E-state index contributed by atoms with van der Waals surface area (Å²) < 4.78 is 0. The number of unbranched alkanes of at least 4 members (excludes halogenated alkanes) is 1. The molecule has 0 aromatic heterocycles. The van der Waals surface area contributed by atoms with E-state index in [2.05, 4.69) is 20.3 Å². The van der Waals surface area contributed by atoms with E-state index in [4.69, 9.17) is 0 Å². The summed E-state index contributed by atoms with van der Waals surface area (Å²) in [5, 5.41) is 0. The molecule has 0 fully saturated rings. The maximum atomic E-state index is 2.12. The Labute approximate surface area is 45.8 Å². The average molecular weight is 108 g/mol. The summed E-state index contributed by atoms with van der Waals surface area (Å²) in [4.78, 5) is 0. The zero-order valence-corrected chi connectivity index (χ0v) is 5.13. The van der Waals surface area contributed by atoms with Gasteiger partial charge in [0.1, 0.15) is 0 Å². The summed E-state index contributed by atoms with van der Waals surface area (Å²) in [5.74, 6) is 0. The van der Waals surface area contributed by atoms with Crippen LogP contribution in [0.3, 0.4) is 0 Å². The Morgan fingerprint density at radius 3 is 1.80 bits per heavy atom. The van der Waals surface area contributed by atoms with Gasteiger partial charge < -0.3 is 0 Å². The van der Waals surface area contributed by atoms with Crippen molar-refractivity contribution in [2.75, 3.05) is 0 Å². The first-order valence-electron chi connectivity index (χ1n) is 1.69. The molecule has 0 saturated heterocycles. The summed E-state index contributed by atoms with van der Waals surface area (Å²) in [6, 6.07) is 0. The van der Waals surface area contributed by atoms with Crippen LogP contribution in [0.5, 0.6) is 0 Å². The van der Waals surface area contributed by atoms with Crippen LogP contribution in [0, 0.1) is 6.42 Å². The second kappa shape index (κ2) is 8.82. The van der Waals surface area contributed by atoms with Crippen LogP contribution >= 0.6 is 0 Å². The van der Waals surface area contributed by atoms with Crippen molar-refractivity contribution < 1.29 is 18.6 Å². The molecule has 1 heteroatoms. The van der Waals surface area contributed by atoms with E-state index < -0.39 is 0 Å². The van der Waals surface area contributed by atoms with Crippen LogP contribution in [0.15, 0.2) is 0 Å². The molecular weight excluding hydrogens is 99.0 g/mol. The molecule has 0 aromatic carbocycles. The molecule has 30 valence electrons. The first kappa shape index (κ1) is 9.14. The third-order valence-electron chi connectivity index (χ3n) is 0.408. The van der Waals surface area contributed by atoms with Gasteiger partial charge in [-0.25, -0.2) is 0 Å². The third kappa shape index (κ3) is 12.2. The van der Waals surface area contributed by atoms with Crippen molar-refractivity contribution in [1.82, 2.24) is 0 Å². The Bertz CT molecular complexity index is 5.61. The van der Waals surface area contributed by atoms with Crippen molar-refractivity contribution in [2.45, 2.75) is 20.3 Å². The van der Waals surface area contributed by atoms with Gasteiger partial charge >= 0.3 is 0 Å².